The number of hydrogen-bond acceptors (Lipinski definition) is 4. The molecule has 0 bridgehead atoms. The number of urea groups is 1. The van der Waals surface area contributed by atoms with Crippen LogP contribution in [0.25, 0.3) is 0 Å². The molecule has 1 unspecified atom stereocenters. The molecule has 0 spiro atoms. The Hall–Kier alpha value is -1.83. The van der Waals surface area contributed by atoms with Gasteiger partial charge >= 0.3 is 12.0 Å². The predicted molar refractivity (Wildman–Crippen MR) is 63.5 cm³/mol. The molecule has 2 N–H and O–H groups in total. The predicted octanol–water partition coefficient (Wildman–Crippen LogP) is -1.29. The fraction of sp³-hybridized carbons (Fsp3) is 0.727. The molecule has 2 aliphatic heterocycles. The maximum absolute atomic E-state index is 12.2. The van der Waals surface area contributed by atoms with Crippen molar-refractivity contribution < 1.29 is 24.2 Å². The summed E-state index contributed by atoms with van der Waals surface area (Å²) >= 11 is 0. The Balaban J connectivity index is 1.94. The van der Waals surface area contributed by atoms with Crippen LogP contribution < -0.4 is 5.32 Å². The summed E-state index contributed by atoms with van der Waals surface area (Å²) in [6, 6.07) is -0.231. The largest absolute Gasteiger partial charge is 0.479 e. The van der Waals surface area contributed by atoms with Crippen molar-refractivity contribution in [1.29, 1.82) is 0 Å². The number of nitrogens with one attached hydrogen (secondary N) is 1. The first kappa shape index (κ1) is 13.6. The summed E-state index contributed by atoms with van der Waals surface area (Å²) in [4.78, 5) is 37.4. The number of morpholine rings is 1. The highest BCUT2D eigenvalue weighted by molar-refractivity contribution is 5.80. The molecule has 0 aromatic carbocycles. The van der Waals surface area contributed by atoms with Crippen LogP contribution in [-0.4, -0.2) is 78.2 Å². The molecule has 3 amide bonds. The van der Waals surface area contributed by atoms with E-state index in [9.17, 15) is 14.4 Å². The highest BCUT2D eigenvalue weighted by Gasteiger charge is 2.31. The number of carbonyl (C=O) groups is 3. The van der Waals surface area contributed by atoms with Crippen molar-refractivity contribution in [2.45, 2.75) is 12.5 Å². The van der Waals surface area contributed by atoms with Crippen LogP contribution in [0.4, 0.5) is 4.79 Å². The summed E-state index contributed by atoms with van der Waals surface area (Å²) in [6.45, 7) is 1.87. The lowest BCUT2D eigenvalue weighted by atomic mass is 10.3. The van der Waals surface area contributed by atoms with Gasteiger partial charge in [-0.05, 0) is 0 Å². The number of carbonyl (C=O) groups excluding carboxylic acids is 2. The number of amides is 3. The fourth-order valence-corrected chi connectivity index (χ4v) is 2.13. The van der Waals surface area contributed by atoms with Crippen molar-refractivity contribution in [2.24, 2.45) is 0 Å². The Labute approximate surface area is 110 Å². The SMILES string of the molecule is O=C1CCN(C(=O)N2CCOC(C(=O)O)C2)CCN1. The molecule has 8 nitrogen and oxygen atoms in total. The van der Waals surface area contributed by atoms with Crippen LogP contribution in [-0.2, 0) is 14.3 Å². The highest BCUT2D eigenvalue weighted by atomic mass is 16.5. The lowest BCUT2D eigenvalue weighted by molar-refractivity contribution is -0.154. The number of hydrogen-bond donors (Lipinski definition) is 2. The fourth-order valence-electron chi connectivity index (χ4n) is 2.13. The molecule has 2 saturated heterocycles. The number of carboxylic acids is 1. The molecule has 0 radical (unpaired) electrons. The molecule has 19 heavy (non-hydrogen) atoms. The lowest BCUT2D eigenvalue weighted by Gasteiger charge is -2.34. The minimum atomic E-state index is -1.06. The van der Waals surface area contributed by atoms with Crippen LogP contribution in [0.1, 0.15) is 6.42 Å². The molecule has 8 heteroatoms. The zero-order valence-corrected chi connectivity index (χ0v) is 10.5. The second-order valence-electron chi connectivity index (χ2n) is 4.51. The van der Waals surface area contributed by atoms with E-state index in [1.54, 1.807) is 4.90 Å². The first-order valence-electron chi connectivity index (χ1n) is 6.23. The van der Waals surface area contributed by atoms with E-state index in [2.05, 4.69) is 5.32 Å². The van der Waals surface area contributed by atoms with Crippen LogP contribution in [0.3, 0.4) is 0 Å². The maximum atomic E-state index is 12.2. The Morgan fingerprint density at radius 2 is 2.05 bits per heavy atom. The van der Waals surface area contributed by atoms with Gasteiger partial charge in [0, 0.05) is 32.6 Å². The second kappa shape index (κ2) is 5.87. The summed E-state index contributed by atoms with van der Waals surface area (Å²) in [5, 5.41) is 11.6. The summed E-state index contributed by atoms with van der Waals surface area (Å²) in [6.07, 6.45) is -0.692. The summed E-state index contributed by atoms with van der Waals surface area (Å²) < 4.78 is 5.07. The van der Waals surface area contributed by atoms with E-state index in [1.807, 2.05) is 0 Å². The van der Waals surface area contributed by atoms with E-state index in [1.165, 1.54) is 4.90 Å². The van der Waals surface area contributed by atoms with Gasteiger partial charge in [0.05, 0.1) is 13.2 Å². The molecule has 0 aliphatic carbocycles. The van der Waals surface area contributed by atoms with Gasteiger partial charge in [-0.3, -0.25) is 4.79 Å². The minimum absolute atomic E-state index is 0.0477. The van der Waals surface area contributed by atoms with E-state index in [-0.39, 0.29) is 31.5 Å². The second-order valence-corrected chi connectivity index (χ2v) is 4.51. The zero-order chi connectivity index (χ0) is 13.8. The van der Waals surface area contributed by atoms with Crippen LogP contribution in [0, 0.1) is 0 Å². The van der Waals surface area contributed by atoms with Gasteiger partial charge in [0.2, 0.25) is 5.91 Å². The molecule has 1 atom stereocenters. The van der Waals surface area contributed by atoms with E-state index in [0.29, 0.717) is 26.2 Å². The van der Waals surface area contributed by atoms with Gasteiger partial charge in [0.25, 0.3) is 0 Å². The number of rotatable bonds is 1. The Morgan fingerprint density at radius 1 is 1.26 bits per heavy atom. The number of carboxylic acid groups (broad SMARTS) is 1. The van der Waals surface area contributed by atoms with Gasteiger partial charge in [-0.25, -0.2) is 9.59 Å². The van der Waals surface area contributed by atoms with Gasteiger partial charge < -0.3 is 25.0 Å². The van der Waals surface area contributed by atoms with Crippen molar-refractivity contribution in [2.75, 3.05) is 39.3 Å². The van der Waals surface area contributed by atoms with E-state index < -0.39 is 12.1 Å². The van der Waals surface area contributed by atoms with Crippen molar-refractivity contribution in [3.05, 3.63) is 0 Å². The molecule has 2 rings (SSSR count). The van der Waals surface area contributed by atoms with Crippen molar-refractivity contribution in [3.63, 3.8) is 0 Å². The highest BCUT2D eigenvalue weighted by Crippen LogP contribution is 2.10. The van der Waals surface area contributed by atoms with Gasteiger partial charge in [-0.1, -0.05) is 0 Å². The first-order valence-corrected chi connectivity index (χ1v) is 6.23. The van der Waals surface area contributed by atoms with E-state index in [4.69, 9.17) is 9.84 Å². The summed E-state index contributed by atoms with van der Waals surface area (Å²) in [7, 11) is 0. The van der Waals surface area contributed by atoms with E-state index in [0.717, 1.165) is 0 Å². The molecule has 0 aromatic heterocycles. The van der Waals surface area contributed by atoms with Crippen LogP contribution in [0.5, 0.6) is 0 Å². The number of ether oxygens (including phenoxy) is 1. The van der Waals surface area contributed by atoms with Crippen LogP contribution >= 0.6 is 0 Å². The van der Waals surface area contributed by atoms with Crippen LogP contribution in [0.2, 0.25) is 0 Å². The quantitative estimate of drug-likeness (QED) is 0.618. The molecule has 0 saturated carbocycles. The smallest absolute Gasteiger partial charge is 0.334 e. The number of aliphatic carboxylic acids is 1. The average molecular weight is 271 g/mol. The van der Waals surface area contributed by atoms with Gasteiger partial charge in [0.15, 0.2) is 6.10 Å². The molecular formula is C11H17N3O5. The van der Waals surface area contributed by atoms with Gasteiger partial charge in [-0.2, -0.15) is 0 Å². The number of nitrogens with zero attached hydrogens (tertiary/aromatic N) is 2. The van der Waals surface area contributed by atoms with Crippen molar-refractivity contribution in [3.8, 4) is 0 Å². The topological polar surface area (TPSA) is 99.2 Å². The first-order chi connectivity index (χ1) is 9.08. The van der Waals surface area contributed by atoms with Gasteiger partial charge in [-0.15, -0.1) is 0 Å². The standard InChI is InChI=1S/C11H17N3O5/c15-9-1-3-13(4-2-12-9)11(18)14-5-6-19-8(7-14)10(16)17/h8H,1-7H2,(H,12,15)(H,16,17). The third-order valence-corrected chi connectivity index (χ3v) is 3.20. The van der Waals surface area contributed by atoms with Crippen molar-refractivity contribution >= 4 is 17.9 Å². The zero-order valence-electron chi connectivity index (χ0n) is 10.5. The van der Waals surface area contributed by atoms with Gasteiger partial charge in [0.1, 0.15) is 0 Å². The lowest BCUT2D eigenvalue weighted by Crippen LogP contribution is -2.53. The monoisotopic (exact) mass is 271 g/mol. The normalized spacial score (nSPS) is 24.6. The maximum Gasteiger partial charge on any atom is 0.334 e. The minimum Gasteiger partial charge on any atom is -0.479 e. The van der Waals surface area contributed by atoms with Crippen LogP contribution in [0.15, 0.2) is 0 Å². The third-order valence-electron chi connectivity index (χ3n) is 3.20. The van der Waals surface area contributed by atoms with Crippen molar-refractivity contribution in [1.82, 2.24) is 15.1 Å². The Morgan fingerprint density at radius 3 is 2.79 bits per heavy atom. The molecular weight excluding hydrogens is 254 g/mol. The molecule has 2 heterocycles. The molecule has 2 aliphatic rings. The molecule has 2 fully saturated rings. The summed E-state index contributed by atoms with van der Waals surface area (Å²) in [5.74, 6) is -1.13. The third kappa shape index (κ3) is 3.34. The average Bonchev–Trinajstić information content (AvgIpc) is 2.63. The summed E-state index contributed by atoms with van der Waals surface area (Å²) in [5.41, 5.74) is 0. The molecule has 0 aromatic rings. The molecule has 106 valence electrons. The van der Waals surface area contributed by atoms with E-state index >= 15 is 0 Å². The Bertz CT molecular complexity index is 387. The Kier molecular flexibility index (Phi) is 4.20.